The van der Waals surface area contributed by atoms with Gasteiger partial charge in [-0.05, 0) is 38.1 Å². The summed E-state index contributed by atoms with van der Waals surface area (Å²) in [6.45, 7) is 3.40. The molecule has 0 bridgehead atoms. The van der Waals surface area contributed by atoms with Crippen molar-refractivity contribution in [2.75, 3.05) is 12.3 Å². The summed E-state index contributed by atoms with van der Waals surface area (Å²) in [5.74, 6) is -0.599. The van der Waals surface area contributed by atoms with Crippen molar-refractivity contribution in [3.05, 3.63) is 74.5 Å². The number of benzene rings is 2. The number of ether oxygens (including phenoxy) is 1. The van der Waals surface area contributed by atoms with Crippen LogP contribution in [0.15, 0.2) is 53.3 Å². The number of anilines is 1. The minimum atomic E-state index is -4.59. The first-order valence-corrected chi connectivity index (χ1v) is 10.2. The number of ketones is 1. The fraction of sp³-hybridized carbons (Fsp3) is 0.227. The first-order valence-electron chi connectivity index (χ1n) is 9.40. The molecule has 2 aromatic carbocycles. The molecule has 1 heterocycles. The van der Waals surface area contributed by atoms with E-state index in [0.717, 1.165) is 0 Å². The number of aromatic nitrogens is 1. The molecule has 3 aromatic rings. The van der Waals surface area contributed by atoms with Crippen LogP contribution < -0.4 is 11.2 Å². The Morgan fingerprint density at radius 3 is 2.15 bits per heavy atom. The molecular weight excluding hydrogens is 484 g/mol. The number of nitrogens with one attached hydrogen (secondary N) is 1. The Kier molecular flexibility index (Phi) is 10.9. The Morgan fingerprint density at radius 1 is 1.06 bits per heavy atom. The standard InChI is InChI=1S/C10H5ClF3NO.C6H6ClN.C6H10O3/c11-6-3-1-2-5-7(16)4-8(10(12,13)14)15-9(5)6;7-5-3-1-2-4-6(5)8;1-3-9-6(8)4-5(2)7/h1-4H,(H,15,16);1-4H,8H2;3-4H2,1-2H3. The lowest BCUT2D eigenvalue weighted by Gasteiger charge is -2.08. The molecule has 0 saturated carbocycles. The highest BCUT2D eigenvalue weighted by Crippen LogP contribution is 2.29. The minimum Gasteiger partial charge on any atom is -0.466 e. The average molecular weight is 505 g/mol. The summed E-state index contributed by atoms with van der Waals surface area (Å²) >= 11 is 11.3. The number of esters is 1. The van der Waals surface area contributed by atoms with Gasteiger partial charge in [-0.1, -0.05) is 41.4 Å². The number of para-hydroxylation sites is 2. The van der Waals surface area contributed by atoms with Crippen LogP contribution in [0.1, 0.15) is 26.0 Å². The maximum Gasteiger partial charge on any atom is 0.431 e. The van der Waals surface area contributed by atoms with Gasteiger partial charge < -0.3 is 15.5 Å². The minimum absolute atomic E-state index is 0.00370. The molecule has 33 heavy (non-hydrogen) atoms. The van der Waals surface area contributed by atoms with Crippen LogP contribution in [0.3, 0.4) is 0 Å². The number of carbonyl (C=O) groups is 2. The molecule has 0 aliphatic heterocycles. The SMILES string of the molecule is CCOC(=O)CC(C)=O.Nc1ccccc1Cl.O=c1cc(C(F)(F)F)[nH]c2c(Cl)cccc12. The van der Waals surface area contributed by atoms with E-state index < -0.39 is 23.3 Å². The molecule has 0 aliphatic rings. The second-order valence-electron chi connectivity index (χ2n) is 6.41. The average Bonchev–Trinajstić information content (AvgIpc) is 2.71. The number of halogens is 5. The van der Waals surface area contributed by atoms with E-state index in [1.165, 1.54) is 25.1 Å². The lowest BCUT2D eigenvalue weighted by molar-refractivity contribution is -0.145. The second-order valence-corrected chi connectivity index (χ2v) is 7.23. The predicted molar refractivity (Wildman–Crippen MR) is 122 cm³/mol. The summed E-state index contributed by atoms with van der Waals surface area (Å²) in [5.41, 5.74) is 4.22. The van der Waals surface area contributed by atoms with Crippen LogP contribution in [0.4, 0.5) is 18.9 Å². The summed E-state index contributed by atoms with van der Waals surface area (Å²) < 4.78 is 41.7. The number of nitrogens with two attached hydrogens (primary N) is 1. The largest absolute Gasteiger partial charge is 0.466 e. The monoisotopic (exact) mass is 504 g/mol. The van der Waals surface area contributed by atoms with Crippen LogP contribution in [0.5, 0.6) is 0 Å². The number of aromatic amines is 1. The third kappa shape index (κ3) is 9.55. The number of alkyl halides is 3. The van der Waals surface area contributed by atoms with E-state index in [1.54, 1.807) is 19.1 Å². The van der Waals surface area contributed by atoms with Crippen molar-refractivity contribution in [1.82, 2.24) is 4.98 Å². The zero-order valence-corrected chi connectivity index (χ0v) is 19.1. The van der Waals surface area contributed by atoms with Gasteiger partial charge in [0.1, 0.15) is 17.9 Å². The van der Waals surface area contributed by atoms with Crippen LogP contribution in [0.2, 0.25) is 10.0 Å². The third-order valence-electron chi connectivity index (χ3n) is 3.72. The maximum absolute atomic E-state index is 12.4. The fourth-order valence-corrected chi connectivity index (χ4v) is 2.64. The van der Waals surface area contributed by atoms with Crippen molar-refractivity contribution in [1.29, 1.82) is 0 Å². The smallest absolute Gasteiger partial charge is 0.431 e. The molecule has 178 valence electrons. The first-order chi connectivity index (χ1) is 15.4. The summed E-state index contributed by atoms with van der Waals surface area (Å²) in [6, 6.07) is 12.1. The summed E-state index contributed by atoms with van der Waals surface area (Å²) in [7, 11) is 0. The second kappa shape index (κ2) is 12.9. The van der Waals surface area contributed by atoms with Gasteiger partial charge in [-0.3, -0.25) is 14.4 Å². The van der Waals surface area contributed by atoms with Crippen LogP contribution in [-0.2, 0) is 20.5 Å². The molecule has 1 aromatic heterocycles. The Balaban J connectivity index is 0.000000273. The van der Waals surface area contributed by atoms with Gasteiger partial charge in [0.05, 0.1) is 27.9 Å². The van der Waals surface area contributed by atoms with Gasteiger partial charge in [0.2, 0.25) is 0 Å². The molecule has 3 N–H and O–H groups in total. The Hall–Kier alpha value is -3.04. The highest BCUT2D eigenvalue weighted by molar-refractivity contribution is 6.35. The van der Waals surface area contributed by atoms with Gasteiger partial charge in [0.25, 0.3) is 0 Å². The van der Waals surface area contributed by atoms with Crippen molar-refractivity contribution in [2.24, 2.45) is 0 Å². The van der Waals surface area contributed by atoms with E-state index in [4.69, 9.17) is 28.9 Å². The highest BCUT2D eigenvalue weighted by Gasteiger charge is 2.32. The summed E-state index contributed by atoms with van der Waals surface area (Å²) in [6.07, 6.45) is -4.69. The first kappa shape index (κ1) is 28.0. The maximum atomic E-state index is 12.4. The van der Waals surface area contributed by atoms with Gasteiger partial charge >= 0.3 is 12.1 Å². The van der Waals surface area contributed by atoms with Crippen LogP contribution >= 0.6 is 23.2 Å². The molecule has 3 rings (SSSR count). The quantitative estimate of drug-likeness (QED) is 0.272. The van der Waals surface area contributed by atoms with E-state index in [0.29, 0.717) is 23.4 Å². The number of hydrogen-bond donors (Lipinski definition) is 2. The molecule has 0 saturated heterocycles. The number of carbonyl (C=O) groups excluding carboxylic acids is 2. The lowest BCUT2D eigenvalue weighted by Crippen LogP contribution is -2.13. The zero-order chi connectivity index (χ0) is 25.2. The fourth-order valence-electron chi connectivity index (χ4n) is 2.28. The molecule has 11 heteroatoms. The molecule has 0 amide bonds. The van der Waals surface area contributed by atoms with Crippen LogP contribution in [-0.4, -0.2) is 23.3 Å². The van der Waals surface area contributed by atoms with E-state index in [9.17, 15) is 27.6 Å². The third-order valence-corrected chi connectivity index (χ3v) is 4.38. The Morgan fingerprint density at radius 2 is 1.67 bits per heavy atom. The van der Waals surface area contributed by atoms with Crippen molar-refractivity contribution in [3.8, 4) is 0 Å². The van der Waals surface area contributed by atoms with E-state index in [1.807, 2.05) is 12.1 Å². The van der Waals surface area contributed by atoms with Crippen molar-refractivity contribution in [3.63, 3.8) is 0 Å². The lowest BCUT2D eigenvalue weighted by atomic mass is 10.2. The number of fused-ring (bicyclic) bond motifs is 1. The number of pyridine rings is 1. The molecular formula is C22H21Cl2F3N2O4. The van der Waals surface area contributed by atoms with Crippen molar-refractivity contribution in [2.45, 2.75) is 26.4 Å². The van der Waals surface area contributed by atoms with Gasteiger partial charge in [0, 0.05) is 11.5 Å². The number of rotatable bonds is 3. The molecule has 0 radical (unpaired) electrons. The Bertz CT molecular complexity index is 1140. The molecule has 0 unspecified atom stereocenters. The van der Waals surface area contributed by atoms with Crippen LogP contribution in [0, 0.1) is 0 Å². The van der Waals surface area contributed by atoms with Gasteiger partial charge in [0.15, 0.2) is 5.43 Å². The van der Waals surface area contributed by atoms with E-state index in [2.05, 4.69) is 9.72 Å². The van der Waals surface area contributed by atoms with Crippen molar-refractivity contribution < 1.29 is 27.5 Å². The molecule has 0 aliphatic carbocycles. The molecule has 0 atom stereocenters. The number of Topliss-reactive ketones (excluding diaryl/α,β-unsaturated/α-hetero) is 1. The van der Waals surface area contributed by atoms with Gasteiger partial charge in [-0.15, -0.1) is 0 Å². The van der Waals surface area contributed by atoms with Gasteiger partial charge in [-0.25, -0.2) is 0 Å². The van der Waals surface area contributed by atoms with Crippen LogP contribution in [0.25, 0.3) is 10.9 Å². The zero-order valence-electron chi connectivity index (χ0n) is 17.6. The molecule has 0 spiro atoms. The van der Waals surface area contributed by atoms with E-state index in [-0.39, 0.29) is 28.1 Å². The molecule has 0 fully saturated rings. The van der Waals surface area contributed by atoms with E-state index >= 15 is 0 Å². The number of H-pyrrole nitrogens is 1. The summed E-state index contributed by atoms with van der Waals surface area (Å²) in [4.78, 5) is 34.2. The van der Waals surface area contributed by atoms with Crippen molar-refractivity contribution >= 4 is 51.5 Å². The predicted octanol–water partition coefficient (Wildman–Crippen LogP) is 5.65. The number of nitrogen functional groups attached to an aromatic ring is 1. The molecule has 6 nitrogen and oxygen atoms in total. The highest BCUT2D eigenvalue weighted by atomic mass is 35.5. The topological polar surface area (TPSA) is 102 Å². The summed E-state index contributed by atoms with van der Waals surface area (Å²) in [5, 5.41) is 0.841. The normalized spacial score (nSPS) is 10.4. The Labute approximate surface area is 197 Å². The number of hydrogen-bond acceptors (Lipinski definition) is 5. The van der Waals surface area contributed by atoms with Gasteiger partial charge in [-0.2, -0.15) is 13.2 Å².